The van der Waals surface area contributed by atoms with E-state index < -0.39 is 0 Å². The van der Waals surface area contributed by atoms with Gasteiger partial charge in [0.05, 0.1) is 0 Å². The van der Waals surface area contributed by atoms with Crippen LogP contribution in [-0.2, 0) is 0 Å². The monoisotopic (exact) mass is 313 g/mol. The second kappa shape index (κ2) is 4.38. The van der Waals surface area contributed by atoms with Gasteiger partial charge in [-0.05, 0) is 48.6 Å². The molecule has 1 unspecified atom stereocenters. The maximum Gasteiger partial charge on any atom is 0.0408 e. The van der Waals surface area contributed by atoms with E-state index in [1.807, 2.05) is 0 Å². The number of allylic oxidation sites excluding steroid dienone is 4. The van der Waals surface area contributed by atoms with E-state index in [-0.39, 0.29) is 0 Å². The molecule has 1 aromatic rings. The van der Waals surface area contributed by atoms with Gasteiger partial charge in [0.25, 0.3) is 0 Å². The molecular weight excluding hydrogens is 298 g/mol. The fraction of sp³-hybridized carbons (Fsp3) is 0.294. The van der Waals surface area contributed by atoms with Gasteiger partial charge in [-0.3, -0.25) is 0 Å². The van der Waals surface area contributed by atoms with Crippen LogP contribution in [0.3, 0.4) is 0 Å². The lowest BCUT2D eigenvalue weighted by atomic mass is 9.82. The maximum atomic E-state index is 3.67. The highest BCUT2D eigenvalue weighted by Gasteiger charge is 2.36. The molecule has 0 radical (unpaired) electrons. The van der Waals surface area contributed by atoms with Gasteiger partial charge >= 0.3 is 0 Å². The summed E-state index contributed by atoms with van der Waals surface area (Å²) in [6.45, 7) is 1.10. The quantitative estimate of drug-likeness (QED) is 0.721. The third-order valence-corrected chi connectivity index (χ3v) is 4.83. The second-order valence-corrected chi connectivity index (χ2v) is 6.40. The first kappa shape index (κ1) is 11.5. The van der Waals surface area contributed by atoms with Crippen LogP contribution >= 0.6 is 15.9 Å². The summed E-state index contributed by atoms with van der Waals surface area (Å²) in [7, 11) is 0. The first-order chi connectivity index (χ1) is 9.33. The third-order valence-electron chi connectivity index (χ3n) is 4.33. The van der Waals surface area contributed by atoms with Crippen LogP contribution in [0.5, 0.6) is 0 Å². The molecule has 2 aliphatic carbocycles. The van der Waals surface area contributed by atoms with Crippen LogP contribution in [0.1, 0.15) is 19.3 Å². The summed E-state index contributed by atoms with van der Waals surface area (Å²) in [5, 5.41) is 0. The Labute approximate surface area is 122 Å². The summed E-state index contributed by atoms with van der Waals surface area (Å²) in [6.07, 6.45) is 8.43. The van der Waals surface area contributed by atoms with Crippen molar-refractivity contribution in [3.05, 3.63) is 63.8 Å². The highest BCUT2D eigenvalue weighted by molar-refractivity contribution is 9.11. The van der Waals surface area contributed by atoms with Crippen LogP contribution in [0.25, 0.3) is 0 Å². The molecule has 0 amide bonds. The molecule has 1 atom stereocenters. The molecule has 1 nitrogen and oxygen atoms in total. The number of para-hydroxylation sites is 1. The van der Waals surface area contributed by atoms with Gasteiger partial charge in [0.15, 0.2) is 0 Å². The lowest BCUT2D eigenvalue weighted by Gasteiger charge is -2.26. The maximum absolute atomic E-state index is 3.67. The lowest BCUT2D eigenvalue weighted by Crippen LogP contribution is -2.20. The van der Waals surface area contributed by atoms with Gasteiger partial charge in [-0.25, -0.2) is 0 Å². The smallest absolute Gasteiger partial charge is 0.0408 e. The standard InChI is InChI=1S/C17H16BrN/c18-14-9-12-5-4-8-16-17(12)13(10-14)11-19(16)15-6-2-1-3-7-15/h1-3,6-7,9-10,13H,4-5,8,11H2. The fourth-order valence-corrected chi connectivity index (χ4v) is 4.19. The molecule has 1 aromatic carbocycles. The molecule has 4 rings (SSSR count). The zero-order chi connectivity index (χ0) is 12.8. The Kier molecular flexibility index (Phi) is 2.66. The minimum absolute atomic E-state index is 0.574. The van der Waals surface area contributed by atoms with Crippen LogP contribution in [0.4, 0.5) is 5.69 Å². The van der Waals surface area contributed by atoms with Crippen molar-refractivity contribution in [3.63, 3.8) is 0 Å². The minimum atomic E-state index is 0.574. The van der Waals surface area contributed by atoms with Crippen molar-refractivity contribution in [2.75, 3.05) is 11.4 Å². The zero-order valence-corrected chi connectivity index (χ0v) is 12.4. The number of hydrogen-bond donors (Lipinski definition) is 0. The van der Waals surface area contributed by atoms with Gasteiger partial charge in [-0.15, -0.1) is 0 Å². The number of benzene rings is 1. The lowest BCUT2D eigenvalue weighted by molar-refractivity contribution is 0.744. The predicted molar refractivity (Wildman–Crippen MR) is 83.2 cm³/mol. The largest absolute Gasteiger partial charge is 0.344 e. The molecule has 96 valence electrons. The van der Waals surface area contributed by atoms with E-state index in [0.717, 1.165) is 6.54 Å². The molecule has 1 aliphatic heterocycles. The van der Waals surface area contributed by atoms with Crippen molar-refractivity contribution >= 4 is 21.6 Å². The Morgan fingerprint density at radius 2 is 1.95 bits per heavy atom. The first-order valence-corrected chi connectivity index (χ1v) is 7.76. The molecule has 1 heterocycles. The SMILES string of the molecule is BrC1=CC2CN(c3ccccc3)C3=C2C(=C1)CCC3. The fourth-order valence-electron chi connectivity index (χ4n) is 3.59. The molecule has 0 saturated heterocycles. The van der Waals surface area contributed by atoms with E-state index in [9.17, 15) is 0 Å². The van der Waals surface area contributed by atoms with Gasteiger partial charge < -0.3 is 4.90 Å². The van der Waals surface area contributed by atoms with Crippen molar-refractivity contribution in [2.45, 2.75) is 19.3 Å². The van der Waals surface area contributed by atoms with E-state index in [0.29, 0.717) is 5.92 Å². The summed E-state index contributed by atoms with van der Waals surface area (Å²) >= 11 is 3.67. The Morgan fingerprint density at radius 1 is 1.11 bits per heavy atom. The molecule has 0 N–H and O–H groups in total. The van der Waals surface area contributed by atoms with Crippen molar-refractivity contribution in [2.24, 2.45) is 5.92 Å². The van der Waals surface area contributed by atoms with Gasteiger partial charge in [-0.2, -0.15) is 0 Å². The zero-order valence-electron chi connectivity index (χ0n) is 10.8. The topological polar surface area (TPSA) is 3.24 Å². The van der Waals surface area contributed by atoms with E-state index in [1.54, 1.807) is 16.8 Å². The highest BCUT2D eigenvalue weighted by atomic mass is 79.9. The summed E-state index contributed by atoms with van der Waals surface area (Å²) in [5.41, 5.74) is 6.06. The third kappa shape index (κ3) is 1.81. The van der Waals surface area contributed by atoms with Gasteiger partial charge in [0, 0.05) is 28.3 Å². The molecule has 19 heavy (non-hydrogen) atoms. The van der Waals surface area contributed by atoms with E-state index in [1.165, 1.54) is 29.4 Å². The minimum Gasteiger partial charge on any atom is -0.344 e. The number of halogens is 1. The molecular formula is C17H16BrN. The van der Waals surface area contributed by atoms with E-state index in [2.05, 4.69) is 63.3 Å². The average Bonchev–Trinajstić information content (AvgIpc) is 2.80. The number of nitrogens with zero attached hydrogens (tertiary/aromatic N) is 1. The summed E-state index contributed by atoms with van der Waals surface area (Å²) in [5.74, 6) is 0.574. The molecule has 2 heteroatoms. The molecule has 0 aromatic heterocycles. The summed E-state index contributed by atoms with van der Waals surface area (Å²) in [4.78, 5) is 2.52. The van der Waals surface area contributed by atoms with E-state index in [4.69, 9.17) is 0 Å². The number of hydrogen-bond acceptors (Lipinski definition) is 1. The van der Waals surface area contributed by atoms with Crippen molar-refractivity contribution in [3.8, 4) is 0 Å². The van der Waals surface area contributed by atoms with Crippen molar-refractivity contribution in [1.82, 2.24) is 0 Å². The predicted octanol–water partition coefficient (Wildman–Crippen LogP) is 4.78. The molecule has 0 spiro atoms. The Hall–Kier alpha value is -1.28. The molecule has 0 bridgehead atoms. The normalized spacial score (nSPS) is 25.1. The Balaban J connectivity index is 1.82. The Bertz CT molecular complexity index is 609. The number of anilines is 1. The number of rotatable bonds is 1. The van der Waals surface area contributed by atoms with Gasteiger partial charge in [0.2, 0.25) is 0 Å². The average molecular weight is 314 g/mol. The first-order valence-electron chi connectivity index (χ1n) is 6.97. The van der Waals surface area contributed by atoms with Crippen LogP contribution in [0.15, 0.2) is 63.8 Å². The highest BCUT2D eigenvalue weighted by Crippen LogP contribution is 2.47. The summed E-state index contributed by atoms with van der Waals surface area (Å²) < 4.78 is 1.26. The second-order valence-electron chi connectivity index (χ2n) is 5.49. The van der Waals surface area contributed by atoms with Crippen molar-refractivity contribution < 1.29 is 0 Å². The molecule has 0 saturated carbocycles. The van der Waals surface area contributed by atoms with Crippen LogP contribution in [0, 0.1) is 5.92 Å². The molecule has 0 fully saturated rings. The van der Waals surface area contributed by atoms with E-state index >= 15 is 0 Å². The van der Waals surface area contributed by atoms with Crippen molar-refractivity contribution in [1.29, 1.82) is 0 Å². The van der Waals surface area contributed by atoms with Crippen LogP contribution in [-0.4, -0.2) is 6.54 Å². The van der Waals surface area contributed by atoms with Crippen LogP contribution in [0.2, 0.25) is 0 Å². The van der Waals surface area contributed by atoms with Crippen LogP contribution < -0.4 is 4.90 Å². The summed E-state index contributed by atoms with van der Waals surface area (Å²) in [6, 6.07) is 10.8. The Morgan fingerprint density at radius 3 is 2.79 bits per heavy atom. The van der Waals surface area contributed by atoms with Gasteiger partial charge in [-0.1, -0.05) is 40.2 Å². The van der Waals surface area contributed by atoms with Gasteiger partial charge in [0.1, 0.15) is 0 Å². The molecule has 3 aliphatic rings.